The average Bonchev–Trinajstić information content (AvgIpc) is 3.35. The van der Waals surface area contributed by atoms with Gasteiger partial charge in [0.05, 0.1) is 0 Å². The predicted octanol–water partition coefficient (Wildman–Crippen LogP) is 3.32. The third-order valence-corrected chi connectivity index (χ3v) is 16.8. The number of allylic oxidation sites excluding steroid dienone is 4. The molecule has 0 bridgehead atoms. The Morgan fingerprint density at radius 2 is 1.38 bits per heavy atom. The van der Waals surface area contributed by atoms with Crippen molar-refractivity contribution < 1.29 is 46.1 Å². The van der Waals surface area contributed by atoms with Gasteiger partial charge in [-0.3, -0.25) is 0 Å². The van der Waals surface area contributed by atoms with Gasteiger partial charge in [0.2, 0.25) is 0 Å². The van der Waals surface area contributed by atoms with Gasteiger partial charge in [0.15, 0.2) is 0 Å². The largest absolute Gasteiger partial charge is 1.00 e. The second kappa shape index (κ2) is 12.0. The van der Waals surface area contributed by atoms with Gasteiger partial charge in [0, 0.05) is 0 Å². The topological polar surface area (TPSA) is 0 Å². The Labute approximate surface area is 263 Å². The second-order valence-corrected chi connectivity index (χ2v) is 20.7. The van der Waals surface area contributed by atoms with Crippen molar-refractivity contribution in [1.29, 1.82) is 0 Å². The minimum atomic E-state index is -2.36. The van der Waals surface area contributed by atoms with Crippen LogP contribution in [0.25, 0.3) is 16.7 Å². The van der Waals surface area contributed by atoms with Crippen molar-refractivity contribution in [2.24, 2.45) is 5.92 Å². The van der Waals surface area contributed by atoms with Crippen LogP contribution in [0.2, 0.25) is 0 Å². The SMILES string of the molecule is CC1=[C]([Zr+2](=[C](C)C)[c]2cc(C(C)(C)C)cc3c2Cc2ccc(C(C)(C)C)cc2-3)C(C)C=C1c1ccccc1.[Cl-].[Cl-]. The summed E-state index contributed by atoms with van der Waals surface area (Å²) in [4.78, 5) is 0. The number of benzene rings is 3. The maximum absolute atomic E-state index is 2.64. The van der Waals surface area contributed by atoms with Crippen molar-refractivity contribution in [1.82, 2.24) is 0 Å². The molecule has 0 saturated carbocycles. The molecule has 0 amide bonds. The molecule has 0 aromatic heterocycles. The summed E-state index contributed by atoms with van der Waals surface area (Å²) in [5, 5.41) is 0. The Hall–Kier alpha value is -1.53. The van der Waals surface area contributed by atoms with E-state index in [1.54, 1.807) is 20.9 Å². The molecule has 0 fully saturated rings. The van der Waals surface area contributed by atoms with Crippen LogP contribution in [0.3, 0.4) is 0 Å². The van der Waals surface area contributed by atoms with Crippen LogP contribution in [0.1, 0.15) is 97.1 Å². The van der Waals surface area contributed by atoms with E-state index in [2.05, 4.69) is 136 Å². The van der Waals surface area contributed by atoms with Gasteiger partial charge in [-0.2, -0.15) is 0 Å². The van der Waals surface area contributed by atoms with Crippen LogP contribution in [0.5, 0.6) is 0 Å². The first-order chi connectivity index (χ1) is 17.8. The number of halogens is 2. The molecule has 3 aromatic rings. The first kappa shape index (κ1) is 33.0. The standard InChI is InChI=1S/C21H25.C13H13.C3H6.2ClH.Zr/c1-20(2,3)16-9-7-14-11-15-8-10-17(21(4,5)6)13-19(15)18(14)12-16;1-10-8-11(2)13(9-10)12-6-4-3-5-7-12;1-3-2;;;/h7,9-10,12-13H,11H2,1-6H3;3-7,9-10H,1-2H3;1-2H3;2*1H;/q;;;;;+2/p-2. The van der Waals surface area contributed by atoms with Gasteiger partial charge < -0.3 is 24.8 Å². The summed E-state index contributed by atoms with van der Waals surface area (Å²) in [6.45, 7) is 23.8. The summed E-state index contributed by atoms with van der Waals surface area (Å²) in [6, 6.07) is 23.5. The van der Waals surface area contributed by atoms with Crippen molar-refractivity contribution in [3.05, 3.63) is 103 Å². The molecule has 1 atom stereocenters. The zero-order valence-corrected chi connectivity index (χ0v) is 29.9. The molecule has 0 radical (unpaired) electrons. The first-order valence-corrected chi connectivity index (χ1v) is 17.9. The third-order valence-electron chi connectivity index (χ3n) is 8.55. The summed E-state index contributed by atoms with van der Waals surface area (Å²) < 4.78 is 5.16. The van der Waals surface area contributed by atoms with Crippen molar-refractivity contribution in [2.75, 3.05) is 0 Å². The molecule has 2 aliphatic rings. The zero-order valence-electron chi connectivity index (χ0n) is 25.9. The van der Waals surface area contributed by atoms with Crippen LogP contribution >= 0.6 is 0 Å². The fraction of sp³-hybridized carbons (Fsp3) is 0.378. The minimum absolute atomic E-state index is 0. The fourth-order valence-electron chi connectivity index (χ4n) is 6.37. The summed E-state index contributed by atoms with van der Waals surface area (Å²) in [7, 11) is 0. The first-order valence-electron chi connectivity index (χ1n) is 14.2. The van der Waals surface area contributed by atoms with Crippen LogP contribution in [-0.4, -0.2) is 3.21 Å². The maximum atomic E-state index is 2.64. The van der Waals surface area contributed by atoms with Crippen molar-refractivity contribution in [3.63, 3.8) is 0 Å². The van der Waals surface area contributed by atoms with Gasteiger partial charge >= 0.3 is 240 Å². The van der Waals surface area contributed by atoms with E-state index in [4.69, 9.17) is 0 Å². The molecular weight excluding hydrogens is 607 g/mol. The van der Waals surface area contributed by atoms with Crippen LogP contribution in [0.15, 0.2) is 75.6 Å². The molecule has 0 N–H and O–H groups in total. The van der Waals surface area contributed by atoms with Gasteiger partial charge in [-0.15, -0.1) is 0 Å². The van der Waals surface area contributed by atoms with E-state index >= 15 is 0 Å². The molecule has 3 aromatic carbocycles. The van der Waals surface area contributed by atoms with E-state index in [9.17, 15) is 0 Å². The van der Waals surface area contributed by atoms with Crippen molar-refractivity contribution in [3.8, 4) is 11.1 Å². The quantitative estimate of drug-likeness (QED) is 0.320. The van der Waals surface area contributed by atoms with Crippen LogP contribution in [0, 0.1) is 5.92 Å². The molecule has 0 saturated heterocycles. The summed E-state index contributed by atoms with van der Waals surface area (Å²) in [5.41, 5.74) is 13.6. The monoisotopic (exact) mass is 648 g/mol. The molecule has 2 aliphatic carbocycles. The molecule has 5 rings (SSSR count). The van der Waals surface area contributed by atoms with Crippen molar-refractivity contribution >= 4 is 12.1 Å². The van der Waals surface area contributed by atoms with E-state index in [-0.39, 0.29) is 35.6 Å². The second-order valence-electron chi connectivity index (χ2n) is 13.7. The normalized spacial score (nSPS) is 15.8. The summed E-state index contributed by atoms with van der Waals surface area (Å²) in [5.74, 6) is 0.500. The Balaban J connectivity index is 0.00000220. The summed E-state index contributed by atoms with van der Waals surface area (Å²) in [6.07, 6.45) is 3.62. The molecule has 0 nitrogen and oxygen atoms in total. The van der Waals surface area contributed by atoms with Gasteiger partial charge in [0.1, 0.15) is 0 Å². The van der Waals surface area contributed by atoms with E-state index in [1.165, 1.54) is 39.0 Å². The number of hydrogen-bond donors (Lipinski definition) is 0. The Morgan fingerprint density at radius 3 is 1.95 bits per heavy atom. The molecule has 0 aliphatic heterocycles. The maximum Gasteiger partial charge on any atom is -1.00 e. The number of fused-ring (bicyclic) bond motifs is 3. The Bertz CT molecular complexity index is 1520. The van der Waals surface area contributed by atoms with Gasteiger partial charge in [0.25, 0.3) is 0 Å². The van der Waals surface area contributed by atoms with Gasteiger partial charge in [-0.05, 0) is 0 Å². The molecule has 1 unspecified atom stereocenters. The smallest absolute Gasteiger partial charge is 1.00 e. The fourth-order valence-corrected chi connectivity index (χ4v) is 14.3. The van der Waals surface area contributed by atoms with E-state index in [1.807, 2.05) is 0 Å². The van der Waals surface area contributed by atoms with Gasteiger partial charge in [-0.1, -0.05) is 0 Å². The summed E-state index contributed by atoms with van der Waals surface area (Å²) >= 11 is -2.36. The van der Waals surface area contributed by atoms with Crippen molar-refractivity contribution in [2.45, 2.75) is 86.5 Å². The zero-order chi connectivity index (χ0) is 27.6. The minimum Gasteiger partial charge on any atom is -1.00 e. The average molecular weight is 651 g/mol. The molecular formula is C37H44Cl2Zr. The molecule has 0 spiro atoms. The molecule has 40 heavy (non-hydrogen) atoms. The van der Waals surface area contributed by atoms with Crippen LogP contribution < -0.4 is 28.1 Å². The molecule has 3 heteroatoms. The van der Waals surface area contributed by atoms with Crippen LogP contribution in [0.4, 0.5) is 0 Å². The van der Waals surface area contributed by atoms with E-state index in [0.29, 0.717) is 5.92 Å². The molecule has 210 valence electrons. The number of hydrogen-bond acceptors (Lipinski definition) is 0. The molecule has 0 heterocycles. The van der Waals surface area contributed by atoms with E-state index < -0.39 is 21.3 Å². The van der Waals surface area contributed by atoms with Gasteiger partial charge in [-0.25, -0.2) is 0 Å². The predicted molar refractivity (Wildman–Crippen MR) is 164 cm³/mol. The Morgan fingerprint density at radius 1 is 0.775 bits per heavy atom. The van der Waals surface area contributed by atoms with Crippen LogP contribution in [-0.2, 0) is 38.5 Å². The van der Waals surface area contributed by atoms with E-state index in [0.717, 1.165) is 6.42 Å². The Kier molecular flexibility index (Phi) is 9.89. The third kappa shape index (κ3) is 6.00. The number of rotatable bonds is 3.